The van der Waals surface area contributed by atoms with Gasteiger partial charge < -0.3 is 4.52 Å². The predicted molar refractivity (Wildman–Crippen MR) is 82.1 cm³/mol. The number of aryl methyl sites for hydroxylation is 1. The van der Waals surface area contributed by atoms with Crippen LogP contribution < -0.4 is 0 Å². The molecule has 0 unspecified atom stereocenters. The Kier molecular flexibility index (Phi) is 3.40. The molecule has 0 saturated carbocycles. The molecule has 104 valence electrons. The van der Waals surface area contributed by atoms with Gasteiger partial charge in [-0.15, -0.1) is 0 Å². The molecule has 2 aromatic carbocycles. The van der Waals surface area contributed by atoms with E-state index < -0.39 is 0 Å². The standard InChI is InChI=1S/C18H15NO2/c1-12-3-5-16(6-4-12)18-11-17(19-21-18)15-9-7-14(8-10-15)13(2)20/h3-11H,1-2H3. The molecular weight excluding hydrogens is 262 g/mol. The molecule has 0 bridgehead atoms. The van der Waals surface area contributed by atoms with Gasteiger partial charge in [0.25, 0.3) is 0 Å². The van der Waals surface area contributed by atoms with Gasteiger partial charge in [0, 0.05) is 22.8 Å². The minimum atomic E-state index is 0.0575. The SMILES string of the molecule is CC(=O)c1ccc(-c2cc(-c3ccc(C)cc3)on2)cc1. The molecule has 0 amide bonds. The van der Waals surface area contributed by atoms with Crippen molar-refractivity contribution in [1.82, 2.24) is 5.16 Å². The number of hydrogen-bond donors (Lipinski definition) is 0. The molecule has 3 heteroatoms. The molecule has 3 rings (SSSR count). The first-order valence-corrected chi connectivity index (χ1v) is 6.78. The maximum atomic E-state index is 11.3. The molecule has 0 aliphatic heterocycles. The summed E-state index contributed by atoms with van der Waals surface area (Å²) in [5.74, 6) is 0.794. The molecule has 3 aromatic rings. The number of Topliss-reactive ketones (excluding diaryl/α,β-unsaturated/α-hetero) is 1. The first kappa shape index (κ1) is 13.3. The van der Waals surface area contributed by atoms with Gasteiger partial charge in [-0.2, -0.15) is 0 Å². The second-order valence-electron chi connectivity index (χ2n) is 5.08. The first-order valence-electron chi connectivity index (χ1n) is 6.78. The molecule has 3 nitrogen and oxygen atoms in total. The highest BCUT2D eigenvalue weighted by atomic mass is 16.5. The second kappa shape index (κ2) is 5.37. The highest BCUT2D eigenvalue weighted by molar-refractivity contribution is 5.94. The molecule has 1 heterocycles. The summed E-state index contributed by atoms with van der Waals surface area (Å²) in [7, 11) is 0. The molecule has 0 N–H and O–H groups in total. The largest absolute Gasteiger partial charge is 0.356 e. The van der Waals surface area contributed by atoms with Crippen molar-refractivity contribution in [2.24, 2.45) is 0 Å². The zero-order valence-corrected chi connectivity index (χ0v) is 12.0. The Bertz CT molecular complexity index is 768. The van der Waals surface area contributed by atoms with Gasteiger partial charge in [-0.3, -0.25) is 4.79 Å². The average molecular weight is 277 g/mol. The zero-order chi connectivity index (χ0) is 14.8. The van der Waals surface area contributed by atoms with Crippen molar-refractivity contribution in [3.8, 4) is 22.6 Å². The minimum Gasteiger partial charge on any atom is -0.356 e. The van der Waals surface area contributed by atoms with Crippen molar-refractivity contribution in [2.75, 3.05) is 0 Å². The lowest BCUT2D eigenvalue weighted by Gasteiger charge is -1.97. The number of aromatic nitrogens is 1. The summed E-state index contributed by atoms with van der Waals surface area (Å²) in [5.41, 5.74) is 4.60. The van der Waals surface area contributed by atoms with E-state index in [1.807, 2.05) is 49.4 Å². The molecule has 1 aromatic heterocycles. The zero-order valence-electron chi connectivity index (χ0n) is 12.0. The Morgan fingerprint density at radius 3 is 2.19 bits per heavy atom. The van der Waals surface area contributed by atoms with Crippen molar-refractivity contribution in [2.45, 2.75) is 13.8 Å². The summed E-state index contributed by atoms with van der Waals surface area (Å²) in [4.78, 5) is 11.3. The van der Waals surface area contributed by atoms with E-state index in [4.69, 9.17) is 4.52 Å². The molecule has 0 saturated heterocycles. The third kappa shape index (κ3) is 2.77. The van der Waals surface area contributed by atoms with E-state index in [0.717, 1.165) is 22.6 Å². The maximum absolute atomic E-state index is 11.3. The Hall–Kier alpha value is -2.68. The third-order valence-corrected chi connectivity index (χ3v) is 3.43. The fourth-order valence-electron chi connectivity index (χ4n) is 2.14. The molecule has 0 spiro atoms. The quantitative estimate of drug-likeness (QED) is 0.661. The van der Waals surface area contributed by atoms with Gasteiger partial charge in [-0.05, 0) is 13.8 Å². The van der Waals surface area contributed by atoms with Crippen LogP contribution in [-0.4, -0.2) is 10.9 Å². The Balaban J connectivity index is 1.90. The van der Waals surface area contributed by atoms with E-state index in [1.54, 1.807) is 19.1 Å². The molecular formula is C18H15NO2. The van der Waals surface area contributed by atoms with Gasteiger partial charge in [-0.25, -0.2) is 0 Å². The van der Waals surface area contributed by atoms with Gasteiger partial charge in [-0.1, -0.05) is 59.3 Å². The van der Waals surface area contributed by atoms with Gasteiger partial charge in [0.1, 0.15) is 5.69 Å². The van der Waals surface area contributed by atoms with E-state index in [9.17, 15) is 4.79 Å². The molecule has 0 radical (unpaired) electrons. The highest BCUT2D eigenvalue weighted by Gasteiger charge is 2.09. The second-order valence-corrected chi connectivity index (χ2v) is 5.08. The van der Waals surface area contributed by atoms with Crippen LogP contribution in [0.2, 0.25) is 0 Å². The molecule has 0 aliphatic rings. The summed E-state index contributed by atoms with van der Waals surface area (Å²) in [5, 5.41) is 4.10. The van der Waals surface area contributed by atoms with Crippen LogP contribution in [-0.2, 0) is 0 Å². The molecule has 0 aliphatic carbocycles. The molecule has 21 heavy (non-hydrogen) atoms. The topological polar surface area (TPSA) is 43.1 Å². The molecule has 0 fully saturated rings. The number of carbonyl (C=O) groups is 1. The number of rotatable bonds is 3. The summed E-state index contributed by atoms with van der Waals surface area (Å²) in [6.45, 7) is 3.60. The smallest absolute Gasteiger partial charge is 0.167 e. The number of benzene rings is 2. The van der Waals surface area contributed by atoms with Crippen LogP contribution in [0.1, 0.15) is 22.8 Å². The Morgan fingerprint density at radius 1 is 0.952 bits per heavy atom. The highest BCUT2D eigenvalue weighted by Crippen LogP contribution is 2.26. The van der Waals surface area contributed by atoms with Gasteiger partial charge in [0.2, 0.25) is 0 Å². The summed E-state index contributed by atoms with van der Waals surface area (Å²) in [6, 6.07) is 17.4. The van der Waals surface area contributed by atoms with E-state index in [1.165, 1.54) is 5.56 Å². The van der Waals surface area contributed by atoms with Crippen LogP contribution in [0.15, 0.2) is 59.1 Å². The van der Waals surface area contributed by atoms with Crippen LogP contribution in [0.5, 0.6) is 0 Å². The van der Waals surface area contributed by atoms with Crippen molar-refractivity contribution < 1.29 is 9.32 Å². The van der Waals surface area contributed by atoms with E-state index >= 15 is 0 Å². The van der Waals surface area contributed by atoms with Crippen molar-refractivity contribution in [3.05, 3.63) is 65.7 Å². The summed E-state index contributed by atoms with van der Waals surface area (Å²) < 4.78 is 5.41. The summed E-state index contributed by atoms with van der Waals surface area (Å²) in [6.07, 6.45) is 0. The van der Waals surface area contributed by atoms with Crippen LogP contribution in [0.3, 0.4) is 0 Å². The van der Waals surface area contributed by atoms with Crippen LogP contribution in [0.4, 0.5) is 0 Å². The van der Waals surface area contributed by atoms with Crippen LogP contribution in [0.25, 0.3) is 22.6 Å². The molecule has 0 atom stereocenters. The van der Waals surface area contributed by atoms with E-state index in [0.29, 0.717) is 5.56 Å². The first-order chi connectivity index (χ1) is 10.1. The number of ketones is 1. The van der Waals surface area contributed by atoms with E-state index in [-0.39, 0.29) is 5.78 Å². The van der Waals surface area contributed by atoms with Crippen LogP contribution in [0, 0.1) is 6.92 Å². The minimum absolute atomic E-state index is 0.0575. The fourth-order valence-corrected chi connectivity index (χ4v) is 2.14. The van der Waals surface area contributed by atoms with Crippen LogP contribution >= 0.6 is 0 Å². The monoisotopic (exact) mass is 277 g/mol. The van der Waals surface area contributed by atoms with Gasteiger partial charge >= 0.3 is 0 Å². The fraction of sp³-hybridized carbons (Fsp3) is 0.111. The number of carbonyl (C=O) groups excluding carboxylic acids is 1. The Morgan fingerprint density at radius 2 is 1.57 bits per heavy atom. The lowest BCUT2D eigenvalue weighted by atomic mass is 10.1. The normalized spacial score (nSPS) is 10.6. The van der Waals surface area contributed by atoms with Crippen molar-refractivity contribution >= 4 is 5.78 Å². The number of hydrogen-bond acceptors (Lipinski definition) is 3. The van der Waals surface area contributed by atoms with E-state index in [2.05, 4.69) is 5.16 Å². The maximum Gasteiger partial charge on any atom is 0.167 e. The van der Waals surface area contributed by atoms with Gasteiger partial charge in [0.05, 0.1) is 0 Å². The van der Waals surface area contributed by atoms with Crippen molar-refractivity contribution in [3.63, 3.8) is 0 Å². The predicted octanol–water partition coefficient (Wildman–Crippen LogP) is 4.52. The third-order valence-electron chi connectivity index (χ3n) is 3.43. The van der Waals surface area contributed by atoms with Gasteiger partial charge in [0.15, 0.2) is 11.5 Å². The number of nitrogens with zero attached hydrogens (tertiary/aromatic N) is 1. The average Bonchev–Trinajstić information content (AvgIpc) is 2.98. The lowest BCUT2D eigenvalue weighted by molar-refractivity contribution is 0.101. The van der Waals surface area contributed by atoms with Crippen molar-refractivity contribution in [1.29, 1.82) is 0 Å². The lowest BCUT2D eigenvalue weighted by Crippen LogP contribution is -1.90. The summed E-state index contributed by atoms with van der Waals surface area (Å²) >= 11 is 0. The Labute approximate surface area is 123 Å².